The predicted molar refractivity (Wildman–Crippen MR) is 257 cm³/mol. The first-order chi connectivity index (χ1) is 28.5. The molecule has 2 heterocycles. The molecule has 0 aromatic heterocycles. The second kappa shape index (κ2) is 15.5. The Bertz CT molecular complexity index is 2370. The van der Waals surface area contributed by atoms with Gasteiger partial charge < -0.3 is 18.1 Å². The molecule has 8 heteroatoms. The number of benzene rings is 5. The third-order valence-electron chi connectivity index (χ3n) is 12.1. The van der Waals surface area contributed by atoms with E-state index < -0.39 is 42.3 Å². The quantitative estimate of drug-likeness (QED) is 0.168. The van der Waals surface area contributed by atoms with Gasteiger partial charge in [-0.15, -0.1) is 0 Å². The molecule has 6 nitrogen and oxygen atoms in total. The second-order valence-corrected chi connectivity index (χ2v) is 26.6. The van der Waals surface area contributed by atoms with Crippen LogP contribution >= 0.6 is 15.2 Å². The third-order valence-corrected chi connectivity index (χ3v) is 17.3. The molecule has 2 aliphatic heterocycles. The van der Waals surface area contributed by atoms with Crippen LogP contribution in [0.5, 0.6) is 23.0 Å². The second-order valence-electron chi connectivity index (χ2n) is 22.3. The Kier molecular flexibility index (Phi) is 11.4. The highest BCUT2D eigenvalue weighted by molar-refractivity contribution is 7.72. The summed E-state index contributed by atoms with van der Waals surface area (Å²) in [5.41, 5.74) is 11.1. The Morgan fingerprint density at radius 1 is 0.387 bits per heavy atom. The maximum atomic E-state index is 17.3. The molecule has 0 atom stereocenters. The van der Waals surface area contributed by atoms with Crippen LogP contribution in [-0.2, 0) is 43.6 Å². The molecule has 0 fully saturated rings. The summed E-state index contributed by atoms with van der Waals surface area (Å²) < 4.78 is 63.5. The first kappa shape index (κ1) is 45.8. The van der Waals surface area contributed by atoms with E-state index >= 15 is 9.13 Å². The molecule has 5 aromatic carbocycles. The maximum absolute atomic E-state index is 17.3. The van der Waals surface area contributed by atoms with Gasteiger partial charge in [-0.25, -0.2) is 9.13 Å². The number of aryl methyl sites for hydroxylation is 5. The van der Waals surface area contributed by atoms with Gasteiger partial charge in [0.2, 0.25) is 5.40 Å². The molecule has 62 heavy (non-hydrogen) atoms. The summed E-state index contributed by atoms with van der Waals surface area (Å²) >= 11 is 0. The molecule has 0 spiro atoms. The molecule has 0 bridgehead atoms. The van der Waals surface area contributed by atoms with Gasteiger partial charge >= 0.3 is 15.2 Å². The standard InChI is InChI=1S/C54H68O6P2/c1-32-18-20-37(21-19-32)50(61(55)57-46-38(22-33(2)26-42(46)51(6,7)8)30-39-23-34(3)27-43(47(39)58-61)52(9,10)11)62(56)59-48-40(24-35(4)28-44(48)53(12,13)14)31-41-25-36(5)29-45(49(41)60-62)54(15,16)17/h18-29,50H,30-31H2,1-17H3. The largest absolute Gasteiger partial charge is 0.452 e. The maximum Gasteiger partial charge on any atom is 0.452 e. The molecule has 0 N–H and O–H groups in total. The van der Waals surface area contributed by atoms with Crippen molar-refractivity contribution < 1.29 is 27.2 Å². The van der Waals surface area contributed by atoms with E-state index in [1.165, 1.54) is 0 Å². The average molecular weight is 875 g/mol. The zero-order chi connectivity index (χ0) is 45.7. The first-order valence-corrected chi connectivity index (χ1v) is 25.3. The predicted octanol–water partition coefficient (Wildman–Crippen LogP) is 15.9. The highest BCUT2D eigenvalue weighted by atomic mass is 31.2. The number of hydrogen-bond donors (Lipinski definition) is 0. The number of hydrogen-bond acceptors (Lipinski definition) is 6. The SMILES string of the molecule is Cc1ccc(C(P2(=O)Oc3c(cc(C)cc3C(C)(C)C)Cc3cc(C)cc(C(C)(C)C)c3O2)P2(=O)Oc3c(cc(C)cc3C(C)(C)C)Cc3cc(C)cc(C(C)(C)C)c3O2)cc1. The van der Waals surface area contributed by atoms with Crippen molar-refractivity contribution in [1.29, 1.82) is 0 Å². The van der Waals surface area contributed by atoms with Crippen LogP contribution in [-0.4, -0.2) is 0 Å². The molecule has 0 saturated heterocycles. The fourth-order valence-corrected chi connectivity index (χ4v) is 14.4. The van der Waals surface area contributed by atoms with Gasteiger partial charge in [0, 0.05) is 35.1 Å². The lowest BCUT2D eigenvalue weighted by molar-refractivity contribution is 0.339. The van der Waals surface area contributed by atoms with Gasteiger partial charge in [-0.2, -0.15) is 0 Å². The highest BCUT2D eigenvalue weighted by Crippen LogP contribution is 2.79. The van der Waals surface area contributed by atoms with Gasteiger partial charge in [0.25, 0.3) is 0 Å². The Morgan fingerprint density at radius 3 is 0.855 bits per heavy atom. The minimum absolute atomic E-state index is 0.417. The van der Waals surface area contributed by atoms with Crippen LogP contribution in [0.1, 0.15) is 166 Å². The van der Waals surface area contributed by atoms with Gasteiger partial charge in [-0.05, 0) is 84.1 Å². The lowest BCUT2D eigenvalue weighted by Crippen LogP contribution is -2.25. The van der Waals surface area contributed by atoms with Gasteiger partial charge in [0.1, 0.15) is 23.0 Å². The van der Waals surface area contributed by atoms with Crippen LogP contribution in [0.4, 0.5) is 0 Å². The highest BCUT2D eigenvalue weighted by Gasteiger charge is 2.59. The number of fused-ring (bicyclic) bond motifs is 4. The van der Waals surface area contributed by atoms with Crippen LogP contribution in [0, 0.1) is 34.6 Å². The van der Waals surface area contributed by atoms with Gasteiger partial charge in [0.05, 0.1) is 0 Å². The molecule has 0 unspecified atom stereocenters. The van der Waals surface area contributed by atoms with Gasteiger partial charge in [0.15, 0.2) is 0 Å². The van der Waals surface area contributed by atoms with E-state index in [9.17, 15) is 0 Å². The van der Waals surface area contributed by atoms with Crippen LogP contribution in [0.2, 0.25) is 0 Å². The molecule has 0 aliphatic carbocycles. The van der Waals surface area contributed by atoms with E-state index in [0.29, 0.717) is 41.4 Å². The first-order valence-electron chi connectivity index (χ1n) is 22.1. The third kappa shape index (κ3) is 8.81. The van der Waals surface area contributed by atoms with Crippen molar-refractivity contribution in [1.82, 2.24) is 0 Å². The fraction of sp³-hybridized carbons (Fsp3) is 0.444. The average Bonchev–Trinajstić information content (AvgIpc) is 3.10. The Morgan fingerprint density at radius 2 is 0.629 bits per heavy atom. The smallest absolute Gasteiger partial charge is 0.415 e. The van der Waals surface area contributed by atoms with Crippen molar-refractivity contribution in [3.05, 3.63) is 151 Å². The molecule has 7 rings (SSSR count). The van der Waals surface area contributed by atoms with Crippen molar-refractivity contribution in [2.24, 2.45) is 0 Å². The number of rotatable bonds is 3. The Balaban J connectivity index is 1.65. The molecule has 0 radical (unpaired) electrons. The molecular weight excluding hydrogens is 807 g/mol. The van der Waals surface area contributed by atoms with E-state index in [2.05, 4.69) is 159 Å². The van der Waals surface area contributed by atoms with Crippen LogP contribution in [0.15, 0.2) is 72.8 Å². The van der Waals surface area contributed by atoms with E-state index in [1.54, 1.807) is 0 Å². The zero-order valence-corrected chi connectivity index (χ0v) is 42.1. The topological polar surface area (TPSA) is 71.1 Å². The van der Waals surface area contributed by atoms with Crippen molar-refractivity contribution in [2.75, 3.05) is 0 Å². The van der Waals surface area contributed by atoms with E-state index in [-0.39, 0.29) is 0 Å². The van der Waals surface area contributed by atoms with Gasteiger partial charge in [-0.3, -0.25) is 0 Å². The summed E-state index contributed by atoms with van der Waals surface area (Å²) in [6.45, 7) is 35.9. The zero-order valence-electron chi connectivity index (χ0n) is 40.3. The molecule has 2 aliphatic rings. The lowest BCUT2D eigenvalue weighted by Gasteiger charge is -2.39. The Hall–Kier alpha value is -4.24. The molecule has 0 saturated carbocycles. The fourth-order valence-electron chi connectivity index (χ4n) is 9.01. The monoisotopic (exact) mass is 874 g/mol. The van der Waals surface area contributed by atoms with Crippen molar-refractivity contribution in [2.45, 2.75) is 158 Å². The summed E-state index contributed by atoms with van der Waals surface area (Å²) in [6.07, 6.45) is 0.979. The van der Waals surface area contributed by atoms with Crippen LogP contribution < -0.4 is 18.1 Å². The molecule has 330 valence electrons. The minimum Gasteiger partial charge on any atom is -0.415 e. The Labute approximate surface area is 372 Å². The molecule has 0 amide bonds. The normalized spacial score (nSPS) is 16.1. The van der Waals surface area contributed by atoms with Crippen LogP contribution in [0.25, 0.3) is 0 Å². The lowest BCUT2D eigenvalue weighted by atomic mass is 9.81. The van der Waals surface area contributed by atoms with E-state index in [0.717, 1.165) is 72.3 Å². The summed E-state index contributed by atoms with van der Waals surface area (Å²) in [6, 6.07) is 24.6. The van der Waals surface area contributed by atoms with Crippen molar-refractivity contribution in [3.8, 4) is 23.0 Å². The molecule has 5 aromatic rings. The summed E-state index contributed by atoms with van der Waals surface area (Å²) in [4.78, 5) is 0. The van der Waals surface area contributed by atoms with E-state index in [4.69, 9.17) is 18.1 Å². The summed E-state index contributed by atoms with van der Waals surface area (Å²) in [5.74, 6) is 1.91. The summed E-state index contributed by atoms with van der Waals surface area (Å²) in [7, 11) is -9.51. The van der Waals surface area contributed by atoms with Gasteiger partial charge in [-0.1, -0.05) is 184 Å². The van der Waals surface area contributed by atoms with E-state index in [1.807, 2.05) is 31.2 Å². The molecular formula is C54H68O6P2. The summed E-state index contributed by atoms with van der Waals surface area (Å²) in [5, 5.41) is -1.54. The minimum atomic E-state index is -4.75. The van der Waals surface area contributed by atoms with Crippen molar-refractivity contribution >= 4 is 15.2 Å². The van der Waals surface area contributed by atoms with Crippen molar-refractivity contribution in [3.63, 3.8) is 0 Å². The van der Waals surface area contributed by atoms with Crippen LogP contribution in [0.3, 0.4) is 0 Å².